The predicted octanol–water partition coefficient (Wildman–Crippen LogP) is 2.90. The van der Waals surface area contributed by atoms with Gasteiger partial charge in [-0.25, -0.2) is 9.97 Å². The van der Waals surface area contributed by atoms with Crippen LogP contribution < -0.4 is 0 Å². The van der Waals surface area contributed by atoms with Gasteiger partial charge in [0.2, 0.25) is 0 Å². The molecule has 3 heterocycles. The summed E-state index contributed by atoms with van der Waals surface area (Å²) in [6.45, 7) is 0. The first-order valence-corrected chi connectivity index (χ1v) is 5.46. The van der Waals surface area contributed by atoms with Crippen molar-refractivity contribution >= 4 is 11.3 Å². The smallest absolute Gasteiger partial charge is 0.123 e. The third kappa shape index (κ3) is 7.40. The van der Waals surface area contributed by atoms with Crippen molar-refractivity contribution in [1.82, 2.24) is 15.1 Å². The van der Waals surface area contributed by atoms with Gasteiger partial charge >= 0.3 is 0 Å². The molecule has 0 fully saturated rings. The first-order valence-electron chi connectivity index (χ1n) is 4.51. The van der Waals surface area contributed by atoms with Crippen molar-refractivity contribution < 1.29 is 4.52 Å². The molecule has 0 saturated heterocycles. The highest BCUT2D eigenvalue weighted by atomic mass is 32.1. The molecular formula is C11H11N3OS. The Balaban J connectivity index is 0.000000121. The van der Waals surface area contributed by atoms with E-state index < -0.39 is 0 Å². The van der Waals surface area contributed by atoms with Gasteiger partial charge in [-0.05, 0) is 22.9 Å². The van der Waals surface area contributed by atoms with E-state index in [9.17, 15) is 0 Å². The SMILES string of the molecule is c1ccsc1.c1cncnc1.c1cnoc1. The van der Waals surface area contributed by atoms with Crippen LogP contribution in [-0.4, -0.2) is 15.1 Å². The Morgan fingerprint density at radius 2 is 1.56 bits per heavy atom. The summed E-state index contributed by atoms with van der Waals surface area (Å²) >= 11 is 1.71. The number of rotatable bonds is 0. The lowest BCUT2D eigenvalue weighted by Crippen LogP contribution is -1.66. The number of thiophene rings is 1. The van der Waals surface area contributed by atoms with Gasteiger partial charge in [0.1, 0.15) is 12.6 Å². The van der Waals surface area contributed by atoms with E-state index in [1.54, 1.807) is 42.1 Å². The molecule has 3 aromatic heterocycles. The Labute approximate surface area is 97.6 Å². The quantitative estimate of drug-likeness (QED) is 0.599. The summed E-state index contributed by atoms with van der Waals surface area (Å²) in [6, 6.07) is 7.54. The average Bonchev–Trinajstić information content (AvgIpc) is 3.10. The van der Waals surface area contributed by atoms with Crippen molar-refractivity contribution in [2.24, 2.45) is 0 Å². The van der Waals surface area contributed by atoms with Crippen LogP contribution in [0.1, 0.15) is 0 Å². The second kappa shape index (κ2) is 9.54. The summed E-state index contributed by atoms with van der Waals surface area (Å²) in [5.41, 5.74) is 0. The first kappa shape index (κ1) is 12.1. The van der Waals surface area contributed by atoms with Crippen molar-refractivity contribution in [2.45, 2.75) is 0 Å². The van der Waals surface area contributed by atoms with Crippen LogP contribution >= 0.6 is 11.3 Å². The molecule has 0 bridgehead atoms. The van der Waals surface area contributed by atoms with Crippen molar-refractivity contribution in [3.63, 3.8) is 0 Å². The molecule has 0 spiro atoms. The molecule has 0 saturated carbocycles. The van der Waals surface area contributed by atoms with Gasteiger partial charge in [0.25, 0.3) is 0 Å². The third-order valence-corrected chi connectivity index (χ3v) is 1.88. The van der Waals surface area contributed by atoms with Crippen LogP contribution in [0.2, 0.25) is 0 Å². The molecule has 0 atom stereocenters. The minimum Gasteiger partial charge on any atom is -0.365 e. The number of hydrogen-bond donors (Lipinski definition) is 0. The van der Waals surface area contributed by atoms with E-state index in [1.165, 1.54) is 12.6 Å². The second-order valence-corrected chi connectivity index (χ2v) is 3.20. The Morgan fingerprint density at radius 3 is 1.75 bits per heavy atom. The summed E-state index contributed by atoms with van der Waals surface area (Å²) in [6.07, 6.45) is 7.97. The zero-order valence-electron chi connectivity index (χ0n) is 8.51. The molecule has 5 heteroatoms. The summed E-state index contributed by atoms with van der Waals surface area (Å²) < 4.78 is 4.33. The summed E-state index contributed by atoms with van der Waals surface area (Å²) in [5, 5.41) is 7.43. The third-order valence-electron chi connectivity index (χ3n) is 1.25. The Hall–Kier alpha value is -2.01. The van der Waals surface area contributed by atoms with Crippen LogP contribution in [0.4, 0.5) is 0 Å². The lowest BCUT2D eigenvalue weighted by atomic mass is 10.7. The normalized spacial score (nSPS) is 8.00. The maximum Gasteiger partial charge on any atom is 0.123 e. The lowest BCUT2D eigenvalue weighted by Gasteiger charge is -1.70. The van der Waals surface area contributed by atoms with Gasteiger partial charge in [-0.3, -0.25) is 0 Å². The Morgan fingerprint density at radius 1 is 0.812 bits per heavy atom. The molecule has 0 aliphatic carbocycles. The molecule has 0 radical (unpaired) electrons. The highest BCUT2D eigenvalue weighted by Crippen LogP contribution is 1.91. The summed E-state index contributed by atoms with van der Waals surface area (Å²) in [7, 11) is 0. The van der Waals surface area contributed by atoms with Crippen LogP contribution in [0.15, 0.2) is 70.7 Å². The topological polar surface area (TPSA) is 51.8 Å². The zero-order chi connectivity index (χ0) is 11.3. The molecule has 3 aromatic rings. The van der Waals surface area contributed by atoms with Gasteiger partial charge in [0.05, 0.1) is 6.20 Å². The van der Waals surface area contributed by atoms with E-state index in [4.69, 9.17) is 0 Å². The fourth-order valence-electron chi connectivity index (χ4n) is 0.656. The van der Waals surface area contributed by atoms with E-state index in [1.807, 2.05) is 22.9 Å². The van der Waals surface area contributed by atoms with E-state index in [-0.39, 0.29) is 0 Å². The minimum atomic E-state index is 1.50. The molecule has 0 aliphatic rings. The molecular weight excluding hydrogens is 222 g/mol. The molecule has 16 heavy (non-hydrogen) atoms. The van der Waals surface area contributed by atoms with Crippen molar-refractivity contribution in [3.05, 3.63) is 66.2 Å². The van der Waals surface area contributed by atoms with Gasteiger partial charge in [-0.15, -0.1) is 0 Å². The maximum absolute atomic E-state index is 4.33. The standard InChI is InChI=1S/C4H4N2.C4H4S.C3H3NO/c1-2-5-4-6-3-1;2*1-2-4-5-3-1/h1-4H;1-4H;1-3H. The number of aromatic nitrogens is 3. The van der Waals surface area contributed by atoms with Gasteiger partial charge in [-0.1, -0.05) is 17.3 Å². The van der Waals surface area contributed by atoms with Gasteiger partial charge in [0, 0.05) is 12.4 Å². The first-order chi connectivity index (χ1) is 8.00. The average molecular weight is 233 g/mol. The van der Waals surface area contributed by atoms with E-state index >= 15 is 0 Å². The fraction of sp³-hybridized carbons (Fsp3) is 0. The van der Waals surface area contributed by atoms with Gasteiger partial charge in [-0.2, -0.15) is 11.3 Å². The summed E-state index contributed by atoms with van der Waals surface area (Å²) in [4.78, 5) is 7.35. The highest BCUT2D eigenvalue weighted by molar-refractivity contribution is 7.07. The monoisotopic (exact) mass is 233 g/mol. The number of hydrogen-bond acceptors (Lipinski definition) is 5. The molecule has 0 amide bonds. The fourth-order valence-corrected chi connectivity index (χ4v) is 1.11. The zero-order valence-corrected chi connectivity index (χ0v) is 9.33. The molecule has 0 aliphatic heterocycles. The Kier molecular flexibility index (Phi) is 7.19. The van der Waals surface area contributed by atoms with Crippen LogP contribution in [0.25, 0.3) is 0 Å². The van der Waals surface area contributed by atoms with Crippen molar-refractivity contribution in [2.75, 3.05) is 0 Å². The Bertz CT molecular complexity index is 313. The van der Waals surface area contributed by atoms with Crippen LogP contribution in [0, 0.1) is 0 Å². The summed E-state index contributed by atoms with van der Waals surface area (Å²) in [5.74, 6) is 0. The molecule has 0 N–H and O–H groups in total. The molecule has 3 rings (SSSR count). The van der Waals surface area contributed by atoms with E-state index in [2.05, 4.69) is 19.6 Å². The van der Waals surface area contributed by atoms with Gasteiger partial charge < -0.3 is 4.52 Å². The molecule has 0 aromatic carbocycles. The van der Waals surface area contributed by atoms with Crippen molar-refractivity contribution in [3.8, 4) is 0 Å². The van der Waals surface area contributed by atoms with Crippen molar-refractivity contribution in [1.29, 1.82) is 0 Å². The molecule has 82 valence electrons. The second-order valence-electron chi connectivity index (χ2n) is 2.39. The largest absolute Gasteiger partial charge is 0.365 e. The lowest BCUT2D eigenvalue weighted by molar-refractivity contribution is 0.420. The maximum atomic E-state index is 4.33. The minimum absolute atomic E-state index is 1.50. The van der Waals surface area contributed by atoms with Crippen LogP contribution in [0.3, 0.4) is 0 Å². The van der Waals surface area contributed by atoms with E-state index in [0.29, 0.717) is 0 Å². The molecule has 4 nitrogen and oxygen atoms in total. The predicted molar refractivity (Wildman–Crippen MR) is 62.9 cm³/mol. The number of nitrogens with zero attached hydrogens (tertiary/aromatic N) is 3. The highest BCUT2D eigenvalue weighted by Gasteiger charge is 1.60. The van der Waals surface area contributed by atoms with Crippen LogP contribution in [0.5, 0.6) is 0 Å². The molecule has 0 unspecified atom stereocenters. The van der Waals surface area contributed by atoms with Gasteiger partial charge in [0.15, 0.2) is 0 Å². The van der Waals surface area contributed by atoms with Crippen LogP contribution in [-0.2, 0) is 0 Å². The van der Waals surface area contributed by atoms with E-state index in [0.717, 1.165) is 0 Å².